The van der Waals surface area contributed by atoms with Crippen LogP contribution in [-0.2, 0) is 11.3 Å². The molecule has 0 N–H and O–H groups in total. The molecule has 2 nitrogen and oxygen atoms in total. The Kier molecular flexibility index (Phi) is 9.70. The number of rotatable bonds is 1. The molecule has 0 saturated carbocycles. The van der Waals surface area contributed by atoms with Gasteiger partial charge in [0.2, 0.25) is 0 Å². The summed E-state index contributed by atoms with van der Waals surface area (Å²) in [5.41, 5.74) is 6.24. The summed E-state index contributed by atoms with van der Waals surface area (Å²) in [7, 11) is 0. The fourth-order valence-electron chi connectivity index (χ4n) is 5.87. The monoisotopic (exact) mass is 533 g/mol. The average molecular weight is 534 g/mol. The van der Waals surface area contributed by atoms with E-state index in [1.807, 2.05) is 20.8 Å². The van der Waals surface area contributed by atoms with Gasteiger partial charge in [-0.05, 0) is 71.6 Å². The molecular formula is C37H59NO. The van der Waals surface area contributed by atoms with Crippen LogP contribution in [0, 0.1) is 21.7 Å². The van der Waals surface area contributed by atoms with Crippen molar-refractivity contribution in [2.45, 2.75) is 134 Å². The molecule has 1 heterocycles. The number of benzene rings is 2. The second-order valence-corrected chi connectivity index (χ2v) is 17.1. The predicted octanol–water partition coefficient (Wildman–Crippen LogP) is 10.8. The van der Waals surface area contributed by atoms with Crippen LogP contribution in [0.1, 0.15) is 139 Å². The zero-order valence-corrected chi connectivity index (χ0v) is 28.0. The highest BCUT2D eigenvalue weighted by Crippen LogP contribution is 2.56. The maximum Gasteiger partial charge on any atom is 0.138 e. The van der Waals surface area contributed by atoms with Crippen molar-refractivity contribution in [2.24, 2.45) is 21.7 Å². The van der Waals surface area contributed by atoms with Crippen LogP contribution < -0.4 is 4.90 Å². The third kappa shape index (κ3) is 8.70. The van der Waals surface area contributed by atoms with E-state index >= 15 is 0 Å². The van der Waals surface area contributed by atoms with Crippen LogP contribution in [0.3, 0.4) is 0 Å². The third-order valence-electron chi connectivity index (χ3n) is 7.82. The fraction of sp³-hybridized carbons (Fsp3) is 0.649. The quantitative estimate of drug-likeness (QED) is 0.363. The van der Waals surface area contributed by atoms with Crippen LogP contribution in [0.2, 0.25) is 0 Å². The molecule has 0 radical (unpaired) electrons. The number of Topliss-reactive ketones (excluding diaryl/α,β-unsaturated/α-hetero) is 1. The average Bonchev–Trinajstić information content (AvgIpc) is 2.71. The number of carbonyl (C=O) groups is 1. The molecule has 3 rings (SSSR count). The Morgan fingerprint density at radius 1 is 0.667 bits per heavy atom. The van der Waals surface area contributed by atoms with Gasteiger partial charge < -0.3 is 4.90 Å². The minimum absolute atomic E-state index is 0.0558. The van der Waals surface area contributed by atoms with E-state index in [0.717, 1.165) is 6.54 Å². The van der Waals surface area contributed by atoms with Crippen LogP contribution in [-0.4, -0.2) is 11.3 Å². The number of hydrogen-bond acceptors (Lipinski definition) is 2. The molecule has 0 fully saturated rings. The SMILES string of the molecule is CC(C)(C)C1c2ccccc2CN(C(C)(C)C)c2ccccc2C1C(C)(C)C.CC(C)(C)CC(=O)C(C)(C)C. The molecule has 1 aliphatic heterocycles. The number of nitrogens with zero attached hydrogens (tertiary/aromatic N) is 1. The maximum absolute atomic E-state index is 11.5. The van der Waals surface area contributed by atoms with Crippen LogP contribution in [0.5, 0.6) is 0 Å². The van der Waals surface area contributed by atoms with Gasteiger partial charge in [0.05, 0.1) is 0 Å². The first kappa shape index (κ1) is 33.1. The summed E-state index contributed by atoms with van der Waals surface area (Å²) in [5.74, 6) is 1.26. The van der Waals surface area contributed by atoms with Gasteiger partial charge in [0.25, 0.3) is 0 Å². The van der Waals surface area contributed by atoms with Gasteiger partial charge in [-0.2, -0.15) is 0 Å². The Bertz CT molecular complexity index is 1110. The zero-order valence-electron chi connectivity index (χ0n) is 28.0. The van der Waals surface area contributed by atoms with Crippen molar-refractivity contribution in [3.63, 3.8) is 0 Å². The van der Waals surface area contributed by atoms with Gasteiger partial charge >= 0.3 is 0 Å². The lowest BCUT2D eigenvalue weighted by molar-refractivity contribution is -0.128. The number of fused-ring (bicyclic) bond motifs is 2. The second-order valence-electron chi connectivity index (χ2n) is 17.1. The molecule has 0 amide bonds. The van der Waals surface area contributed by atoms with Gasteiger partial charge in [0.15, 0.2) is 0 Å². The van der Waals surface area contributed by atoms with E-state index in [2.05, 4.69) is 137 Å². The van der Waals surface area contributed by atoms with Crippen molar-refractivity contribution in [2.75, 3.05) is 4.90 Å². The van der Waals surface area contributed by atoms with Crippen molar-refractivity contribution in [1.82, 2.24) is 0 Å². The molecular weight excluding hydrogens is 474 g/mol. The molecule has 0 bridgehead atoms. The van der Waals surface area contributed by atoms with Crippen molar-refractivity contribution in [3.8, 4) is 0 Å². The van der Waals surface area contributed by atoms with Crippen LogP contribution in [0.4, 0.5) is 5.69 Å². The number of para-hydroxylation sites is 1. The van der Waals surface area contributed by atoms with E-state index in [-0.39, 0.29) is 27.2 Å². The lowest BCUT2D eigenvalue weighted by Gasteiger charge is -2.50. The highest BCUT2D eigenvalue weighted by Gasteiger charge is 2.44. The highest BCUT2D eigenvalue weighted by molar-refractivity contribution is 5.84. The Labute approximate surface area is 242 Å². The Morgan fingerprint density at radius 2 is 1.10 bits per heavy atom. The number of anilines is 1. The van der Waals surface area contributed by atoms with Gasteiger partial charge in [0.1, 0.15) is 5.78 Å². The molecule has 39 heavy (non-hydrogen) atoms. The van der Waals surface area contributed by atoms with Gasteiger partial charge in [-0.25, -0.2) is 0 Å². The van der Waals surface area contributed by atoms with E-state index in [9.17, 15) is 4.79 Å². The summed E-state index contributed by atoms with van der Waals surface area (Å²) in [6.45, 7) is 34.7. The van der Waals surface area contributed by atoms with E-state index in [4.69, 9.17) is 0 Å². The number of ketones is 1. The molecule has 0 saturated heterocycles. The predicted molar refractivity (Wildman–Crippen MR) is 172 cm³/mol. The second kappa shape index (κ2) is 11.4. The normalized spacial score (nSPS) is 18.7. The molecule has 1 aliphatic rings. The highest BCUT2D eigenvalue weighted by atomic mass is 16.1. The van der Waals surface area contributed by atoms with Gasteiger partial charge in [-0.1, -0.05) is 126 Å². The fourth-order valence-corrected chi connectivity index (χ4v) is 5.87. The first-order valence-electron chi connectivity index (χ1n) is 14.9. The van der Waals surface area contributed by atoms with E-state index in [0.29, 0.717) is 24.0 Å². The van der Waals surface area contributed by atoms with E-state index in [1.54, 1.807) is 0 Å². The smallest absolute Gasteiger partial charge is 0.138 e. The Balaban J connectivity index is 0.000000411. The molecule has 0 aliphatic carbocycles. The van der Waals surface area contributed by atoms with Gasteiger partial charge in [0, 0.05) is 29.6 Å². The van der Waals surface area contributed by atoms with Crippen molar-refractivity contribution in [1.29, 1.82) is 0 Å². The molecule has 2 atom stereocenters. The van der Waals surface area contributed by atoms with Crippen LogP contribution in [0.15, 0.2) is 48.5 Å². The standard InChI is InChI=1S/C27H39N.C10H20O/c1-25(2,3)23-20-15-11-10-14-19(20)18-28(27(7,8)9)22-17-13-12-16-21(22)24(23)26(4,5)6;1-9(2,3)7-8(11)10(4,5)6/h10-17,23-24H,18H2,1-9H3;7H2,1-6H3. The molecule has 2 aromatic rings. The van der Waals surface area contributed by atoms with Crippen LogP contribution in [0.25, 0.3) is 0 Å². The topological polar surface area (TPSA) is 20.3 Å². The molecule has 2 heteroatoms. The largest absolute Gasteiger partial charge is 0.362 e. The summed E-state index contributed by atoms with van der Waals surface area (Å²) in [5, 5.41) is 0. The minimum atomic E-state index is -0.173. The molecule has 218 valence electrons. The maximum atomic E-state index is 11.5. The Hall–Kier alpha value is -2.09. The van der Waals surface area contributed by atoms with E-state index in [1.165, 1.54) is 22.4 Å². The number of hydrogen-bond donors (Lipinski definition) is 0. The zero-order chi connectivity index (χ0) is 30.2. The van der Waals surface area contributed by atoms with Crippen molar-refractivity contribution >= 4 is 11.5 Å². The van der Waals surface area contributed by atoms with Crippen LogP contribution >= 0.6 is 0 Å². The summed E-state index contributed by atoms with van der Waals surface area (Å²) >= 11 is 0. The minimum Gasteiger partial charge on any atom is -0.362 e. The first-order chi connectivity index (χ1) is 17.4. The first-order valence-corrected chi connectivity index (χ1v) is 14.9. The van der Waals surface area contributed by atoms with E-state index < -0.39 is 0 Å². The molecule has 0 aromatic heterocycles. The number of carbonyl (C=O) groups excluding carboxylic acids is 1. The lowest BCUT2D eigenvalue weighted by Crippen LogP contribution is -2.44. The third-order valence-corrected chi connectivity index (χ3v) is 7.82. The van der Waals surface area contributed by atoms with Crippen molar-refractivity contribution < 1.29 is 4.79 Å². The molecule has 2 aromatic carbocycles. The summed E-state index contributed by atoms with van der Waals surface area (Å²) < 4.78 is 0. The molecule has 2 unspecified atom stereocenters. The summed E-state index contributed by atoms with van der Waals surface area (Å²) in [4.78, 5) is 14.1. The van der Waals surface area contributed by atoms with Gasteiger partial charge in [-0.15, -0.1) is 0 Å². The van der Waals surface area contributed by atoms with Gasteiger partial charge in [-0.3, -0.25) is 4.79 Å². The summed E-state index contributed by atoms with van der Waals surface area (Å²) in [6.07, 6.45) is 0.677. The van der Waals surface area contributed by atoms with Crippen molar-refractivity contribution in [3.05, 3.63) is 65.2 Å². The lowest BCUT2D eigenvalue weighted by atomic mass is 9.58. The summed E-state index contributed by atoms with van der Waals surface area (Å²) in [6, 6.07) is 18.3. The molecule has 0 spiro atoms. The Morgan fingerprint density at radius 3 is 1.51 bits per heavy atom.